The molecule has 6 nitrogen and oxygen atoms in total. The largest absolute Gasteiger partial charge is 0.507 e. The molecule has 2 amide bonds. The second-order valence-corrected chi connectivity index (χ2v) is 6.92. The lowest BCUT2D eigenvalue weighted by Gasteiger charge is -2.36. The zero-order valence-electron chi connectivity index (χ0n) is 14.7. The number of hydrogen-bond donors (Lipinski definition) is 1. The summed E-state index contributed by atoms with van der Waals surface area (Å²) >= 11 is 0. The molecule has 3 rings (SSSR count). The monoisotopic (exact) mass is 346 g/mol. The van der Waals surface area contributed by atoms with Gasteiger partial charge in [-0.25, -0.2) is 0 Å². The van der Waals surface area contributed by atoms with Crippen LogP contribution in [0.3, 0.4) is 0 Å². The zero-order chi connectivity index (χ0) is 17.8. The van der Waals surface area contributed by atoms with Crippen LogP contribution in [-0.4, -0.2) is 66.1 Å². The third-order valence-corrected chi connectivity index (χ3v) is 5.17. The Kier molecular flexibility index (Phi) is 5.58. The molecule has 1 aromatic carbocycles. The Hall–Kier alpha value is -2.08. The molecule has 2 aliphatic rings. The Morgan fingerprint density at radius 1 is 1.20 bits per heavy atom. The lowest BCUT2D eigenvalue weighted by molar-refractivity contribution is -0.137. The van der Waals surface area contributed by atoms with Gasteiger partial charge in [0.2, 0.25) is 5.91 Å². The molecule has 2 saturated heterocycles. The number of methoxy groups -OCH3 is 1. The van der Waals surface area contributed by atoms with Gasteiger partial charge in [-0.3, -0.25) is 9.59 Å². The number of likely N-dealkylation sites (tertiary alicyclic amines) is 2. The normalized spacial score (nSPS) is 23.7. The summed E-state index contributed by atoms with van der Waals surface area (Å²) in [6.45, 7) is 2.66. The number of hydrogen-bond acceptors (Lipinski definition) is 4. The molecule has 2 fully saturated rings. The third-order valence-electron chi connectivity index (χ3n) is 5.17. The quantitative estimate of drug-likeness (QED) is 0.904. The molecule has 0 radical (unpaired) electrons. The van der Waals surface area contributed by atoms with Crippen molar-refractivity contribution in [2.45, 2.75) is 31.7 Å². The number of amides is 2. The maximum absolute atomic E-state index is 13.0. The Bertz CT molecular complexity index is 632. The highest BCUT2D eigenvalue weighted by Gasteiger charge is 2.38. The summed E-state index contributed by atoms with van der Waals surface area (Å²) in [5, 5.41) is 9.95. The van der Waals surface area contributed by atoms with Crippen molar-refractivity contribution >= 4 is 11.8 Å². The van der Waals surface area contributed by atoms with Crippen LogP contribution in [0.25, 0.3) is 0 Å². The Morgan fingerprint density at radius 3 is 2.72 bits per heavy atom. The fraction of sp³-hybridized carbons (Fsp3) is 0.579. The van der Waals surface area contributed by atoms with E-state index in [2.05, 4.69) is 0 Å². The number of rotatable bonds is 4. The van der Waals surface area contributed by atoms with Crippen LogP contribution in [0.2, 0.25) is 0 Å². The van der Waals surface area contributed by atoms with Gasteiger partial charge in [0.1, 0.15) is 11.8 Å². The van der Waals surface area contributed by atoms with Crippen LogP contribution >= 0.6 is 0 Å². The topological polar surface area (TPSA) is 70.1 Å². The summed E-state index contributed by atoms with van der Waals surface area (Å²) in [7, 11) is 1.68. The summed E-state index contributed by atoms with van der Waals surface area (Å²) in [6.07, 6.45) is 3.54. The smallest absolute Gasteiger partial charge is 0.258 e. The summed E-state index contributed by atoms with van der Waals surface area (Å²) in [4.78, 5) is 29.3. The maximum atomic E-state index is 13.0. The van der Waals surface area contributed by atoms with Gasteiger partial charge in [-0.1, -0.05) is 12.1 Å². The first-order chi connectivity index (χ1) is 12.1. The molecule has 0 aliphatic carbocycles. The van der Waals surface area contributed by atoms with E-state index < -0.39 is 6.04 Å². The van der Waals surface area contributed by atoms with Gasteiger partial charge in [-0.05, 0) is 43.7 Å². The van der Waals surface area contributed by atoms with Crippen LogP contribution in [0.4, 0.5) is 0 Å². The molecule has 0 spiro atoms. The number of phenols is 1. The van der Waals surface area contributed by atoms with E-state index in [9.17, 15) is 14.7 Å². The van der Waals surface area contributed by atoms with Crippen molar-refractivity contribution < 1.29 is 19.4 Å². The molecular weight excluding hydrogens is 320 g/mol. The molecule has 0 aromatic heterocycles. The molecule has 2 aliphatic heterocycles. The summed E-state index contributed by atoms with van der Waals surface area (Å²) in [6, 6.07) is 6.09. The van der Waals surface area contributed by atoms with Crippen LogP contribution in [-0.2, 0) is 9.53 Å². The molecule has 0 bridgehead atoms. The van der Waals surface area contributed by atoms with Gasteiger partial charge >= 0.3 is 0 Å². The number of nitrogens with zero attached hydrogens (tertiary/aromatic N) is 2. The number of aromatic hydroxyl groups is 1. The SMILES string of the molecule is COCC1CCCN(C(=O)C2CCCN2C(=O)c2ccccc2O)C1. The minimum absolute atomic E-state index is 0.0297. The van der Waals surface area contributed by atoms with Crippen molar-refractivity contribution in [2.75, 3.05) is 33.4 Å². The number of carbonyl (C=O) groups is 2. The highest BCUT2D eigenvalue weighted by molar-refractivity contribution is 5.99. The first-order valence-corrected chi connectivity index (χ1v) is 8.98. The number of piperidine rings is 1. The Morgan fingerprint density at radius 2 is 1.96 bits per heavy atom. The van der Waals surface area contributed by atoms with Crippen molar-refractivity contribution in [2.24, 2.45) is 5.92 Å². The van der Waals surface area contributed by atoms with Crippen molar-refractivity contribution in [3.05, 3.63) is 29.8 Å². The molecule has 25 heavy (non-hydrogen) atoms. The van der Waals surface area contributed by atoms with E-state index in [1.54, 1.807) is 30.2 Å². The Balaban J connectivity index is 1.71. The van der Waals surface area contributed by atoms with Gasteiger partial charge in [0.25, 0.3) is 5.91 Å². The Labute approximate surface area is 148 Å². The van der Waals surface area contributed by atoms with Crippen LogP contribution in [0.5, 0.6) is 5.75 Å². The van der Waals surface area contributed by atoms with Gasteiger partial charge in [-0.2, -0.15) is 0 Å². The van der Waals surface area contributed by atoms with Crippen LogP contribution in [0, 0.1) is 5.92 Å². The molecule has 1 N–H and O–H groups in total. The summed E-state index contributed by atoms with van der Waals surface area (Å²) in [5.41, 5.74) is 0.262. The number of carbonyl (C=O) groups excluding carboxylic acids is 2. The molecule has 2 unspecified atom stereocenters. The summed E-state index contributed by atoms with van der Waals surface area (Å²) in [5.74, 6) is 0.0941. The summed E-state index contributed by atoms with van der Waals surface area (Å²) < 4.78 is 5.23. The van der Waals surface area contributed by atoms with E-state index in [4.69, 9.17) is 4.74 Å². The van der Waals surface area contributed by atoms with Crippen LogP contribution < -0.4 is 0 Å². The molecular formula is C19H26N2O4. The lowest BCUT2D eigenvalue weighted by Crippen LogP contribution is -2.51. The van der Waals surface area contributed by atoms with Crippen molar-refractivity contribution in [3.63, 3.8) is 0 Å². The molecule has 0 saturated carbocycles. The number of para-hydroxylation sites is 1. The lowest BCUT2D eigenvalue weighted by atomic mass is 9.98. The standard InChI is InChI=1S/C19H26N2O4/c1-25-13-14-6-4-10-20(12-14)19(24)16-8-5-11-21(16)18(23)15-7-2-3-9-17(15)22/h2-3,7,9,14,16,22H,4-6,8,10-13H2,1H3. The third kappa shape index (κ3) is 3.79. The molecule has 2 heterocycles. The molecule has 1 aromatic rings. The maximum Gasteiger partial charge on any atom is 0.258 e. The minimum atomic E-state index is -0.423. The minimum Gasteiger partial charge on any atom is -0.507 e. The fourth-order valence-electron chi connectivity index (χ4n) is 3.92. The van der Waals surface area contributed by atoms with Crippen molar-refractivity contribution in [3.8, 4) is 5.75 Å². The predicted octanol–water partition coefficient (Wildman–Crippen LogP) is 1.88. The second-order valence-electron chi connectivity index (χ2n) is 6.92. The van der Waals surface area contributed by atoms with E-state index >= 15 is 0 Å². The van der Waals surface area contributed by atoms with Gasteiger partial charge in [0.15, 0.2) is 0 Å². The second kappa shape index (κ2) is 7.87. The molecule has 2 atom stereocenters. The fourth-order valence-corrected chi connectivity index (χ4v) is 3.92. The first-order valence-electron chi connectivity index (χ1n) is 8.98. The highest BCUT2D eigenvalue weighted by Crippen LogP contribution is 2.27. The average molecular weight is 346 g/mol. The van der Waals surface area contributed by atoms with Crippen molar-refractivity contribution in [1.82, 2.24) is 9.80 Å². The van der Waals surface area contributed by atoms with E-state index in [0.717, 1.165) is 25.8 Å². The molecule has 6 heteroatoms. The average Bonchev–Trinajstić information content (AvgIpc) is 3.11. The predicted molar refractivity (Wildman–Crippen MR) is 93.3 cm³/mol. The van der Waals surface area contributed by atoms with Gasteiger partial charge < -0.3 is 19.6 Å². The highest BCUT2D eigenvalue weighted by atomic mass is 16.5. The van der Waals surface area contributed by atoms with Gasteiger partial charge in [0, 0.05) is 26.7 Å². The number of benzene rings is 1. The number of ether oxygens (including phenoxy) is 1. The first kappa shape index (κ1) is 17.7. The van der Waals surface area contributed by atoms with E-state index in [1.165, 1.54) is 6.07 Å². The molecule has 136 valence electrons. The van der Waals surface area contributed by atoms with Gasteiger partial charge in [0.05, 0.1) is 12.2 Å². The zero-order valence-corrected chi connectivity index (χ0v) is 14.7. The van der Waals surface area contributed by atoms with E-state index in [-0.39, 0.29) is 23.1 Å². The number of phenolic OH excluding ortho intramolecular Hbond substituents is 1. The van der Waals surface area contributed by atoms with E-state index in [0.29, 0.717) is 32.0 Å². The van der Waals surface area contributed by atoms with Gasteiger partial charge in [-0.15, -0.1) is 0 Å². The van der Waals surface area contributed by atoms with Crippen LogP contribution in [0.1, 0.15) is 36.0 Å². The van der Waals surface area contributed by atoms with E-state index in [1.807, 2.05) is 4.90 Å². The van der Waals surface area contributed by atoms with Crippen LogP contribution in [0.15, 0.2) is 24.3 Å². The van der Waals surface area contributed by atoms with Crippen molar-refractivity contribution in [1.29, 1.82) is 0 Å².